The van der Waals surface area contributed by atoms with Crippen LogP contribution >= 0.6 is 24.0 Å². The molecule has 0 N–H and O–H groups in total. The average molecular weight is 525 g/mol. The second-order valence-corrected chi connectivity index (χ2v) is 11.0. The predicted octanol–water partition coefficient (Wildman–Crippen LogP) is 4.97. The molecule has 8 heteroatoms. The van der Waals surface area contributed by atoms with Crippen molar-refractivity contribution in [2.75, 3.05) is 11.4 Å². The first-order valence-corrected chi connectivity index (χ1v) is 13.3. The van der Waals surface area contributed by atoms with Crippen LogP contribution in [-0.4, -0.2) is 31.1 Å². The van der Waals surface area contributed by atoms with Crippen LogP contribution in [0.2, 0.25) is 0 Å². The summed E-state index contributed by atoms with van der Waals surface area (Å²) in [5, 5.41) is 0. The van der Waals surface area contributed by atoms with Crippen molar-refractivity contribution in [2.24, 2.45) is 0 Å². The molecule has 6 rings (SSSR count). The molecule has 0 bridgehead atoms. The van der Waals surface area contributed by atoms with E-state index in [9.17, 15) is 9.59 Å². The highest BCUT2D eigenvalue weighted by Crippen LogP contribution is 2.35. The lowest BCUT2D eigenvalue weighted by atomic mass is 9.99. The van der Waals surface area contributed by atoms with E-state index in [-0.39, 0.29) is 11.5 Å². The van der Waals surface area contributed by atoms with Crippen LogP contribution in [-0.2, 0) is 24.3 Å². The molecule has 4 heterocycles. The van der Waals surface area contributed by atoms with Gasteiger partial charge in [0.15, 0.2) is 0 Å². The fraction of sp³-hybridized carbons (Fsp3) is 0.172. The molecule has 0 atom stereocenters. The summed E-state index contributed by atoms with van der Waals surface area (Å²) in [6.45, 7) is 3.82. The van der Waals surface area contributed by atoms with Gasteiger partial charge in [0.2, 0.25) is 0 Å². The summed E-state index contributed by atoms with van der Waals surface area (Å²) in [5.74, 6) is 0.401. The summed E-state index contributed by atoms with van der Waals surface area (Å²) in [5.41, 5.74) is 5.47. The van der Waals surface area contributed by atoms with Gasteiger partial charge in [-0.1, -0.05) is 84.1 Å². The third-order valence-electron chi connectivity index (χ3n) is 6.79. The fourth-order valence-electron chi connectivity index (χ4n) is 4.78. The number of carbonyl (C=O) groups is 1. The van der Waals surface area contributed by atoms with Gasteiger partial charge in [0.05, 0.1) is 17.0 Å². The number of thiocarbonyl (C=S) groups is 1. The summed E-state index contributed by atoms with van der Waals surface area (Å²) >= 11 is 6.80. The Morgan fingerprint density at radius 3 is 2.57 bits per heavy atom. The SMILES string of the molecule is Cc1ccc(CN2C(=O)/C(=C/c3c(N4CCc5ccccc5C4)nc4ccccn4c3=O)SC2=S)cc1. The summed E-state index contributed by atoms with van der Waals surface area (Å²) in [6, 6.07) is 21.9. The molecular formula is C29H24N4O2S2. The standard InChI is InChI=1S/C29H24N4O2S2/c1-19-9-11-20(12-10-19)17-33-28(35)24(37-29(33)36)16-23-26(30-25-8-4-5-14-32(25)27(23)34)31-15-13-21-6-2-3-7-22(21)18-31/h2-12,14,16H,13,15,17-18H2,1H3/b24-16-. The Hall–Kier alpha value is -3.75. The molecule has 2 aliphatic rings. The van der Waals surface area contributed by atoms with E-state index in [1.54, 1.807) is 23.2 Å². The highest BCUT2D eigenvalue weighted by molar-refractivity contribution is 8.26. The van der Waals surface area contributed by atoms with Crippen molar-refractivity contribution in [3.05, 3.63) is 116 Å². The van der Waals surface area contributed by atoms with Crippen LogP contribution < -0.4 is 10.5 Å². The van der Waals surface area contributed by atoms with Crippen molar-refractivity contribution >= 4 is 51.7 Å². The molecule has 0 unspecified atom stereocenters. The van der Waals surface area contributed by atoms with E-state index >= 15 is 0 Å². The number of anilines is 1. The van der Waals surface area contributed by atoms with Gasteiger partial charge in [0.1, 0.15) is 15.8 Å². The first kappa shape index (κ1) is 23.6. The molecule has 0 spiro atoms. The number of hydrogen-bond donors (Lipinski definition) is 0. The number of aromatic nitrogens is 2. The van der Waals surface area contributed by atoms with Gasteiger partial charge >= 0.3 is 0 Å². The van der Waals surface area contributed by atoms with Gasteiger partial charge in [-0.25, -0.2) is 4.98 Å². The van der Waals surface area contributed by atoms with Gasteiger partial charge in [-0.2, -0.15) is 0 Å². The Balaban J connectivity index is 1.40. The van der Waals surface area contributed by atoms with E-state index < -0.39 is 0 Å². The number of rotatable bonds is 4. The fourth-order valence-corrected chi connectivity index (χ4v) is 6.02. The van der Waals surface area contributed by atoms with Gasteiger partial charge in [-0.3, -0.25) is 18.9 Å². The van der Waals surface area contributed by atoms with E-state index in [1.165, 1.54) is 27.3 Å². The first-order chi connectivity index (χ1) is 18.0. The quantitative estimate of drug-likeness (QED) is 0.278. The average Bonchev–Trinajstić information content (AvgIpc) is 3.18. The molecule has 1 saturated heterocycles. The molecule has 4 aromatic rings. The van der Waals surface area contributed by atoms with Gasteiger partial charge in [0, 0.05) is 19.3 Å². The molecule has 1 fully saturated rings. The van der Waals surface area contributed by atoms with Crippen LogP contribution in [0.1, 0.15) is 27.8 Å². The number of carbonyl (C=O) groups excluding carboxylic acids is 1. The second kappa shape index (κ2) is 9.61. The summed E-state index contributed by atoms with van der Waals surface area (Å²) in [6.07, 6.45) is 4.25. The summed E-state index contributed by atoms with van der Waals surface area (Å²) in [4.78, 5) is 36.2. The van der Waals surface area contributed by atoms with Crippen LogP contribution in [0.3, 0.4) is 0 Å². The van der Waals surface area contributed by atoms with E-state index in [1.807, 2.05) is 49.4 Å². The van der Waals surface area contributed by atoms with Crippen molar-refractivity contribution in [2.45, 2.75) is 26.4 Å². The number of fused-ring (bicyclic) bond motifs is 2. The number of pyridine rings is 1. The minimum atomic E-state index is -0.205. The number of thioether (sulfide) groups is 1. The van der Waals surface area contributed by atoms with Crippen LogP contribution in [0.4, 0.5) is 5.82 Å². The third-order valence-corrected chi connectivity index (χ3v) is 8.17. The third kappa shape index (κ3) is 4.47. The molecule has 6 nitrogen and oxygen atoms in total. The lowest BCUT2D eigenvalue weighted by Crippen LogP contribution is -2.34. The topological polar surface area (TPSA) is 57.9 Å². The molecule has 0 saturated carbocycles. The van der Waals surface area contributed by atoms with Gasteiger partial charge < -0.3 is 4.90 Å². The molecule has 184 valence electrons. The summed E-state index contributed by atoms with van der Waals surface area (Å²) < 4.78 is 2.01. The largest absolute Gasteiger partial charge is 0.351 e. The highest BCUT2D eigenvalue weighted by Gasteiger charge is 2.33. The number of amides is 1. The van der Waals surface area contributed by atoms with Gasteiger partial charge in [-0.15, -0.1) is 0 Å². The zero-order valence-electron chi connectivity index (χ0n) is 20.3. The van der Waals surface area contributed by atoms with E-state index in [4.69, 9.17) is 17.2 Å². The van der Waals surface area contributed by atoms with Crippen LogP contribution in [0.15, 0.2) is 82.6 Å². The Morgan fingerprint density at radius 1 is 1.00 bits per heavy atom. The summed E-state index contributed by atoms with van der Waals surface area (Å²) in [7, 11) is 0. The molecule has 2 aliphatic heterocycles. The van der Waals surface area contributed by atoms with Crippen molar-refractivity contribution in [3.8, 4) is 0 Å². The van der Waals surface area contributed by atoms with E-state index in [0.29, 0.717) is 39.3 Å². The minimum absolute atomic E-state index is 0.192. The number of nitrogens with zero attached hydrogens (tertiary/aromatic N) is 4. The number of hydrogen-bond acceptors (Lipinski definition) is 6. The van der Waals surface area contributed by atoms with Crippen molar-refractivity contribution < 1.29 is 4.79 Å². The first-order valence-electron chi connectivity index (χ1n) is 12.1. The molecule has 0 radical (unpaired) electrons. The number of benzene rings is 2. The van der Waals surface area contributed by atoms with Crippen LogP contribution in [0, 0.1) is 6.92 Å². The lowest BCUT2D eigenvalue weighted by molar-refractivity contribution is -0.122. The van der Waals surface area contributed by atoms with E-state index in [0.717, 1.165) is 24.1 Å². The maximum absolute atomic E-state index is 13.7. The smallest absolute Gasteiger partial charge is 0.267 e. The van der Waals surface area contributed by atoms with Crippen molar-refractivity contribution in [1.82, 2.24) is 14.3 Å². The van der Waals surface area contributed by atoms with Crippen LogP contribution in [0.5, 0.6) is 0 Å². The normalized spacial score (nSPS) is 16.6. The molecular weight excluding hydrogens is 500 g/mol. The number of aryl methyl sites for hydroxylation is 1. The second-order valence-electron chi connectivity index (χ2n) is 9.28. The molecule has 2 aromatic heterocycles. The van der Waals surface area contributed by atoms with E-state index in [2.05, 4.69) is 23.1 Å². The Bertz CT molecular complexity index is 1640. The molecule has 37 heavy (non-hydrogen) atoms. The maximum atomic E-state index is 13.7. The maximum Gasteiger partial charge on any atom is 0.267 e. The lowest BCUT2D eigenvalue weighted by Gasteiger charge is -2.30. The van der Waals surface area contributed by atoms with Gasteiger partial charge in [-0.05, 0) is 48.2 Å². The monoisotopic (exact) mass is 524 g/mol. The Kier molecular flexibility index (Phi) is 6.14. The van der Waals surface area contributed by atoms with Crippen LogP contribution in [0.25, 0.3) is 11.7 Å². The van der Waals surface area contributed by atoms with Crippen molar-refractivity contribution in [3.63, 3.8) is 0 Å². The van der Waals surface area contributed by atoms with Gasteiger partial charge in [0.25, 0.3) is 11.5 Å². The molecule has 1 amide bonds. The minimum Gasteiger partial charge on any atom is -0.351 e. The predicted molar refractivity (Wildman–Crippen MR) is 153 cm³/mol. The molecule has 2 aromatic carbocycles. The zero-order chi connectivity index (χ0) is 25.5. The van der Waals surface area contributed by atoms with Crippen molar-refractivity contribution in [1.29, 1.82) is 0 Å². The highest BCUT2D eigenvalue weighted by atomic mass is 32.2. The Morgan fingerprint density at radius 2 is 1.76 bits per heavy atom. The molecule has 0 aliphatic carbocycles. The Labute approximate surface area is 224 Å². The zero-order valence-corrected chi connectivity index (χ0v) is 21.9.